The molecule has 160 valence electrons. The topological polar surface area (TPSA) is 106 Å². The van der Waals surface area contributed by atoms with E-state index in [0.29, 0.717) is 23.0 Å². The van der Waals surface area contributed by atoms with Crippen molar-refractivity contribution in [2.24, 2.45) is 0 Å². The van der Waals surface area contributed by atoms with E-state index in [1.807, 2.05) is 26.8 Å². The molecule has 0 aliphatic carbocycles. The minimum absolute atomic E-state index is 0.166. The molecule has 1 aliphatic rings. The standard InChI is InChI=1S/C22H26N2O6/c1-5-6-7-22(4)20(27)24(21(28)23-22)11-19(26)29-12-15-10-18(25)30-17-9-14(3)13(2)8-16(15)17/h8-10H,5-7,11-12H2,1-4H3,(H,23,28)/t22-/m1/s1. The number of ether oxygens (including phenoxy) is 1. The van der Waals surface area contributed by atoms with Crippen molar-refractivity contribution in [3.63, 3.8) is 0 Å². The minimum atomic E-state index is -1.00. The molecule has 2 aromatic rings. The molecule has 8 nitrogen and oxygen atoms in total. The molecule has 1 aliphatic heterocycles. The molecule has 0 radical (unpaired) electrons. The molecule has 0 saturated carbocycles. The highest BCUT2D eigenvalue weighted by molar-refractivity contribution is 6.08. The van der Waals surface area contributed by atoms with Gasteiger partial charge in [0.1, 0.15) is 24.3 Å². The lowest BCUT2D eigenvalue weighted by Crippen LogP contribution is -2.44. The van der Waals surface area contributed by atoms with Crippen molar-refractivity contribution in [3.05, 3.63) is 45.3 Å². The van der Waals surface area contributed by atoms with Crippen LogP contribution in [0, 0.1) is 13.8 Å². The first-order valence-electron chi connectivity index (χ1n) is 9.98. The zero-order valence-corrected chi connectivity index (χ0v) is 17.7. The van der Waals surface area contributed by atoms with Crippen molar-refractivity contribution in [3.8, 4) is 0 Å². The number of imide groups is 1. The number of nitrogens with zero attached hydrogens (tertiary/aromatic N) is 1. The highest BCUT2D eigenvalue weighted by atomic mass is 16.5. The maximum Gasteiger partial charge on any atom is 0.336 e. The van der Waals surface area contributed by atoms with Gasteiger partial charge in [0.2, 0.25) is 0 Å². The number of nitrogens with one attached hydrogen (secondary N) is 1. The highest BCUT2D eigenvalue weighted by Crippen LogP contribution is 2.24. The van der Waals surface area contributed by atoms with Crippen LogP contribution in [0.3, 0.4) is 0 Å². The first kappa shape index (κ1) is 21.5. The van der Waals surface area contributed by atoms with Gasteiger partial charge in [0.05, 0.1) is 0 Å². The predicted octanol–water partition coefficient (Wildman–Crippen LogP) is 2.95. The van der Waals surface area contributed by atoms with Gasteiger partial charge in [0.15, 0.2) is 0 Å². The Morgan fingerprint density at radius 1 is 1.17 bits per heavy atom. The summed E-state index contributed by atoms with van der Waals surface area (Å²) in [6.07, 6.45) is 2.17. The Bertz CT molecular complexity index is 1070. The molecule has 3 amide bonds. The predicted molar refractivity (Wildman–Crippen MR) is 110 cm³/mol. The lowest BCUT2D eigenvalue weighted by atomic mass is 9.95. The Labute approximate surface area is 174 Å². The quantitative estimate of drug-likeness (QED) is 0.424. The van der Waals surface area contributed by atoms with Gasteiger partial charge in [-0.05, 0) is 50.5 Å². The first-order chi connectivity index (χ1) is 14.1. The molecule has 1 N–H and O–H groups in total. The molecule has 8 heteroatoms. The summed E-state index contributed by atoms with van der Waals surface area (Å²) >= 11 is 0. The van der Waals surface area contributed by atoms with Crippen LogP contribution in [0.15, 0.2) is 27.4 Å². The maximum absolute atomic E-state index is 12.6. The van der Waals surface area contributed by atoms with E-state index in [1.165, 1.54) is 6.07 Å². The fourth-order valence-corrected chi connectivity index (χ4v) is 3.53. The average Bonchev–Trinajstić information content (AvgIpc) is 2.89. The number of esters is 1. The van der Waals surface area contributed by atoms with Crippen LogP contribution in [-0.4, -0.2) is 34.9 Å². The van der Waals surface area contributed by atoms with Crippen LogP contribution in [0.2, 0.25) is 0 Å². The number of carbonyl (C=O) groups excluding carboxylic acids is 3. The van der Waals surface area contributed by atoms with Crippen molar-refractivity contribution >= 4 is 28.9 Å². The molecule has 2 heterocycles. The number of rotatable bonds is 7. The molecule has 1 saturated heterocycles. The van der Waals surface area contributed by atoms with Crippen molar-refractivity contribution in [1.29, 1.82) is 0 Å². The van der Waals surface area contributed by atoms with E-state index in [0.717, 1.165) is 28.9 Å². The van der Waals surface area contributed by atoms with E-state index >= 15 is 0 Å². The number of hydrogen-bond donors (Lipinski definition) is 1. The van der Waals surface area contributed by atoms with Gasteiger partial charge in [-0.3, -0.25) is 14.5 Å². The van der Waals surface area contributed by atoms with Crippen LogP contribution < -0.4 is 10.9 Å². The van der Waals surface area contributed by atoms with Gasteiger partial charge in [-0.2, -0.15) is 0 Å². The van der Waals surface area contributed by atoms with Gasteiger partial charge in [-0.25, -0.2) is 9.59 Å². The second-order valence-electron chi connectivity index (χ2n) is 7.94. The number of unbranched alkanes of at least 4 members (excludes halogenated alkanes) is 1. The molecular formula is C22H26N2O6. The normalized spacial score (nSPS) is 18.7. The monoisotopic (exact) mass is 414 g/mol. The van der Waals surface area contributed by atoms with Gasteiger partial charge in [-0.15, -0.1) is 0 Å². The van der Waals surface area contributed by atoms with Crippen LogP contribution in [0.4, 0.5) is 4.79 Å². The molecule has 1 fully saturated rings. The second kappa shape index (κ2) is 8.30. The zero-order chi connectivity index (χ0) is 22.1. The third-order valence-corrected chi connectivity index (χ3v) is 5.50. The number of fused-ring (bicyclic) bond motifs is 1. The summed E-state index contributed by atoms with van der Waals surface area (Å²) in [5.41, 5.74) is 1.36. The molecule has 3 rings (SSSR count). The molecular weight excluding hydrogens is 388 g/mol. The summed E-state index contributed by atoms with van der Waals surface area (Å²) in [5, 5.41) is 3.34. The van der Waals surface area contributed by atoms with E-state index in [2.05, 4.69) is 5.32 Å². The second-order valence-corrected chi connectivity index (χ2v) is 7.94. The van der Waals surface area contributed by atoms with Gasteiger partial charge >= 0.3 is 17.6 Å². The Morgan fingerprint density at radius 2 is 1.87 bits per heavy atom. The third-order valence-electron chi connectivity index (χ3n) is 5.50. The number of benzene rings is 1. The van der Waals surface area contributed by atoms with Crippen LogP contribution in [-0.2, 0) is 20.9 Å². The maximum atomic E-state index is 12.6. The third kappa shape index (κ3) is 4.22. The van der Waals surface area contributed by atoms with Gasteiger partial charge < -0.3 is 14.5 Å². The Kier molecular flexibility index (Phi) is 5.96. The minimum Gasteiger partial charge on any atom is -0.459 e. The Morgan fingerprint density at radius 3 is 2.57 bits per heavy atom. The number of hydrogen-bond acceptors (Lipinski definition) is 6. The first-order valence-corrected chi connectivity index (χ1v) is 9.98. The lowest BCUT2D eigenvalue weighted by molar-refractivity contribution is -0.148. The number of urea groups is 1. The summed E-state index contributed by atoms with van der Waals surface area (Å²) in [6.45, 7) is 6.85. The zero-order valence-electron chi connectivity index (χ0n) is 17.7. The van der Waals surface area contributed by atoms with Gasteiger partial charge in [0, 0.05) is 17.0 Å². The van der Waals surface area contributed by atoms with Crippen LogP contribution in [0.5, 0.6) is 0 Å². The smallest absolute Gasteiger partial charge is 0.336 e. The molecule has 1 atom stereocenters. The van der Waals surface area contributed by atoms with Crippen molar-refractivity contribution < 1.29 is 23.5 Å². The summed E-state index contributed by atoms with van der Waals surface area (Å²) in [5.74, 6) is -1.17. The summed E-state index contributed by atoms with van der Waals surface area (Å²) in [7, 11) is 0. The van der Waals surface area contributed by atoms with Gasteiger partial charge in [0.25, 0.3) is 5.91 Å². The van der Waals surface area contributed by atoms with E-state index in [1.54, 1.807) is 13.0 Å². The van der Waals surface area contributed by atoms with Crippen LogP contribution in [0.25, 0.3) is 11.0 Å². The summed E-state index contributed by atoms with van der Waals surface area (Å²) < 4.78 is 10.5. The largest absolute Gasteiger partial charge is 0.459 e. The highest BCUT2D eigenvalue weighted by Gasteiger charge is 2.47. The molecule has 30 heavy (non-hydrogen) atoms. The number of aryl methyl sites for hydroxylation is 2. The van der Waals surface area contributed by atoms with Gasteiger partial charge in [-0.1, -0.05) is 19.8 Å². The molecule has 1 aromatic carbocycles. The molecule has 0 bridgehead atoms. The van der Waals surface area contributed by atoms with Crippen LogP contribution >= 0.6 is 0 Å². The van der Waals surface area contributed by atoms with E-state index in [9.17, 15) is 19.2 Å². The molecule has 0 spiro atoms. The van der Waals surface area contributed by atoms with Crippen molar-refractivity contribution in [2.75, 3.05) is 6.54 Å². The lowest BCUT2D eigenvalue weighted by Gasteiger charge is -2.21. The van der Waals surface area contributed by atoms with Crippen molar-refractivity contribution in [2.45, 2.75) is 59.1 Å². The molecule has 0 unspecified atom stereocenters. The summed E-state index contributed by atoms with van der Waals surface area (Å²) in [4.78, 5) is 49.9. The average molecular weight is 414 g/mol. The van der Waals surface area contributed by atoms with E-state index < -0.39 is 35.6 Å². The van der Waals surface area contributed by atoms with E-state index in [-0.39, 0.29) is 6.61 Å². The fraction of sp³-hybridized carbons (Fsp3) is 0.455. The summed E-state index contributed by atoms with van der Waals surface area (Å²) in [6, 6.07) is 4.31. The fourth-order valence-electron chi connectivity index (χ4n) is 3.53. The Balaban J connectivity index is 1.71. The SMILES string of the molecule is CCCC[C@@]1(C)NC(=O)N(CC(=O)OCc2cc(=O)oc3cc(C)c(C)cc23)C1=O. The van der Waals surface area contributed by atoms with E-state index in [4.69, 9.17) is 9.15 Å². The number of amides is 3. The van der Waals surface area contributed by atoms with Crippen LogP contribution in [0.1, 0.15) is 49.8 Å². The molecule has 1 aromatic heterocycles. The number of carbonyl (C=O) groups is 3. The van der Waals surface area contributed by atoms with Crippen molar-refractivity contribution in [1.82, 2.24) is 10.2 Å². The Hall–Kier alpha value is -3.16.